The molecule has 1 amide bonds. The van der Waals surface area contributed by atoms with Crippen LogP contribution in [0.1, 0.15) is 30.1 Å². The van der Waals surface area contributed by atoms with Crippen LogP contribution >= 0.6 is 0 Å². The van der Waals surface area contributed by atoms with Gasteiger partial charge in [0.2, 0.25) is 0 Å². The fourth-order valence-corrected chi connectivity index (χ4v) is 1.53. The van der Waals surface area contributed by atoms with Crippen LogP contribution in [0.5, 0.6) is 5.75 Å². The highest BCUT2D eigenvalue weighted by atomic mass is 19.1. The smallest absolute Gasteiger partial charge is 0.306 e. The first-order chi connectivity index (χ1) is 8.91. The van der Waals surface area contributed by atoms with Gasteiger partial charge in [-0.3, -0.25) is 9.59 Å². The van der Waals surface area contributed by atoms with Gasteiger partial charge in [0, 0.05) is 12.6 Å². The molecule has 0 heterocycles. The van der Waals surface area contributed by atoms with Crippen LogP contribution in [0.15, 0.2) is 18.2 Å². The number of benzene rings is 1. The van der Waals surface area contributed by atoms with E-state index in [-0.39, 0.29) is 5.56 Å². The molecule has 0 aliphatic heterocycles. The molecular formula is C13H16FNO4. The Hall–Kier alpha value is -2.11. The predicted octanol–water partition coefficient (Wildman–Crippen LogP) is 1.76. The topological polar surface area (TPSA) is 86.6 Å². The van der Waals surface area contributed by atoms with Crippen LogP contribution in [0.3, 0.4) is 0 Å². The number of carbonyl (C=O) groups is 2. The molecule has 0 aromatic heterocycles. The third kappa shape index (κ3) is 4.57. The van der Waals surface area contributed by atoms with Gasteiger partial charge in [0.05, 0.1) is 11.5 Å². The molecule has 1 rings (SSSR count). The van der Waals surface area contributed by atoms with E-state index in [1.54, 1.807) is 6.92 Å². The highest BCUT2D eigenvalue weighted by Crippen LogP contribution is 2.17. The molecule has 0 bridgehead atoms. The number of phenols is 1. The average Bonchev–Trinajstić information content (AvgIpc) is 2.33. The molecule has 6 heteroatoms. The number of amides is 1. The molecule has 0 saturated heterocycles. The SMILES string of the molecule is CC(CCCNC(=O)c1ccc(F)cc1O)C(=O)O. The van der Waals surface area contributed by atoms with Crippen molar-refractivity contribution in [2.45, 2.75) is 19.8 Å². The lowest BCUT2D eigenvalue weighted by molar-refractivity contribution is -0.141. The van der Waals surface area contributed by atoms with Crippen LogP contribution in [-0.4, -0.2) is 28.6 Å². The Labute approximate surface area is 110 Å². The molecule has 0 radical (unpaired) electrons. The number of aromatic hydroxyl groups is 1. The third-order valence-electron chi connectivity index (χ3n) is 2.73. The molecule has 0 fully saturated rings. The minimum atomic E-state index is -0.873. The minimum absolute atomic E-state index is 0.00677. The first-order valence-electron chi connectivity index (χ1n) is 5.91. The van der Waals surface area contributed by atoms with Crippen molar-refractivity contribution in [1.82, 2.24) is 5.32 Å². The van der Waals surface area contributed by atoms with Crippen molar-refractivity contribution in [3.05, 3.63) is 29.6 Å². The zero-order valence-corrected chi connectivity index (χ0v) is 10.5. The predicted molar refractivity (Wildman–Crippen MR) is 66.4 cm³/mol. The Balaban J connectivity index is 2.41. The number of halogens is 1. The van der Waals surface area contributed by atoms with Gasteiger partial charge in [-0.15, -0.1) is 0 Å². The highest BCUT2D eigenvalue weighted by molar-refractivity contribution is 5.96. The zero-order valence-electron chi connectivity index (χ0n) is 10.5. The third-order valence-corrected chi connectivity index (χ3v) is 2.73. The van der Waals surface area contributed by atoms with Gasteiger partial charge in [-0.05, 0) is 25.0 Å². The second-order valence-electron chi connectivity index (χ2n) is 4.30. The first-order valence-corrected chi connectivity index (χ1v) is 5.91. The number of hydrogen-bond donors (Lipinski definition) is 3. The van der Waals surface area contributed by atoms with Crippen LogP contribution in [0.2, 0.25) is 0 Å². The van der Waals surface area contributed by atoms with E-state index in [1.165, 1.54) is 6.07 Å². The number of aliphatic carboxylic acids is 1. The molecule has 19 heavy (non-hydrogen) atoms. The maximum Gasteiger partial charge on any atom is 0.306 e. The maximum absolute atomic E-state index is 12.7. The normalized spacial score (nSPS) is 11.9. The number of phenolic OH excluding ortho intramolecular Hbond substituents is 1. The van der Waals surface area contributed by atoms with Crippen LogP contribution < -0.4 is 5.32 Å². The number of carbonyl (C=O) groups excluding carboxylic acids is 1. The van der Waals surface area contributed by atoms with E-state index in [0.717, 1.165) is 12.1 Å². The molecule has 0 saturated carbocycles. The largest absolute Gasteiger partial charge is 0.507 e. The molecule has 1 atom stereocenters. The van der Waals surface area contributed by atoms with Crippen LogP contribution in [-0.2, 0) is 4.79 Å². The number of carboxylic acids is 1. The molecule has 5 nitrogen and oxygen atoms in total. The minimum Gasteiger partial charge on any atom is -0.507 e. The van der Waals surface area contributed by atoms with Crippen molar-refractivity contribution in [2.75, 3.05) is 6.54 Å². The summed E-state index contributed by atoms with van der Waals surface area (Å²) in [4.78, 5) is 22.2. The van der Waals surface area contributed by atoms with E-state index in [0.29, 0.717) is 19.4 Å². The van der Waals surface area contributed by atoms with E-state index in [1.807, 2.05) is 0 Å². The molecule has 1 unspecified atom stereocenters. The Kier molecular flexibility index (Phi) is 5.29. The van der Waals surface area contributed by atoms with E-state index >= 15 is 0 Å². The molecular weight excluding hydrogens is 253 g/mol. The highest BCUT2D eigenvalue weighted by Gasteiger charge is 2.13. The molecule has 1 aromatic carbocycles. The standard InChI is InChI=1S/C13H16FNO4/c1-8(13(18)19)3-2-6-15-12(17)10-5-4-9(14)7-11(10)16/h4-5,7-8,16H,2-3,6H2,1H3,(H,15,17)(H,18,19). The summed E-state index contributed by atoms with van der Waals surface area (Å²) in [7, 11) is 0. The Morgan fingerprint density at radius 3 is 2.68 bits per heavy atom. The summed E-state index contributed by atoms with van der Waals surface area (Å²) in [5, 5.41) is 20.6. The lowest BCUT2D eigenvalue weighted by Crippen LogP contribution is -2.25. The summed E-state index contributed by atoms with van der Waals surface area (Å²) in [6.45, 7) is 1.89. The molecule has 104 valence electrons. The lowest BCUT2D eigenvalue weighted by atomic mass is 10.1. The second-order valence-corrected chi connectivity index (χ2v) is 4.30. The summed E-state index contributed by atoms with van der Waals surface area (Å²) in [6.07, 6.45) is 0.964. The number of rotatable bonds is 6. The van der Waals surface area contributed by atoms with E-state index in [9.17, 15) is 19.1 Å². The van der Waals surface area contributed by atoms with Crippen molar-refractivity contribution in [3.63, 3.8) is 0 Å². The molecule has 0 aliphatic carbocycles. The summed E-state index contributed by atoms with van der Waals surface area (Å²) in [5.74, 6) is -2.89. The van der Waals surface area contributed by atoms with Gasteiger partial charge in [0.1, 0.15) is 11.6 Å². The van der Waals surface area contributed by atoms with Gasteiger partial charge < -0.3 is 15.5 Å². The fraction of sp³-hybridized carbons (Fsp3) is 0.385. The van der Waals surface area contributed by atoms with E-state index in [4.69, 9.17) is 5.11 Å². The number of carboxylic acid groups (broad SMARTS) is 1. The summed E-state index contributed by atoms with van der Waals surface area (Å²) in [5.41, 5.74) is -0.00677. The summed E-state index contributed by atoms with van der Waals surface area (Å²) >= 11 is 0. The maximum atomic E-state index is 12.7. The van der Waals surface area contributed by atoms with Gasteiger partial charge in [-0.25, -0.2) is 4.39 Å². The van der Waals surface area contributed by atoms with E-state index in [2.05, 4.69) is 5.32 Å². The van der Waals surface area contributed by atoms with Crippen LogP contribution in [0, 0.1) is 11.7 Å². The van der Waals surface area contributed by atoms with Gasteiger partial charge in [0.25, 0.3) is 5.91 Å². The van der Waals surface area contributed by atoms with Crippen molar-refractivity contribution in [2.24, 2.45) is 5.92 Å². The Morgan fingerprint density at radius 2 is 2.11 bits per heavy atom. The number of nitrogens with one attached hydrogen (secondary N) is 1. The second kappa shape index (κ2) is 6.72. The van der Waals surface area contributed by atoms with Gasteiger partial charge >= 0.3 is 5.97 Å². The molecule has 0 aliphatic rings. The number of hydrogen-bond acceptors (Lipinski definition) is 3. The van der Waals surface area contributed by atoms with Gasteiger partial charge in [-0.2, -0.15) is 0 Å². The van der Waals surface area contributed by atoms with Gasteiger partial charge in [-0.1, -0.05) is 6.92 Å². The molecule has 0 spiro atoms. The van der Waals surface area contributed by atoms with Crippen molar-refractivity contribution < 1.29 is 24.2 Å². The monoisotopic (exact) mass is 269 g/mol. The fourth-order valence-electron chi connectivity index (χ4n) is 1.53. The zero-order chi connectivity index (χ0) is 14.4. The van der Waals surface area contributed by atoms with E-state index < -0.39 is 29.4 Å². The summed E-state index contributed by atoms with van der Waals surface area (Å²) < 4.78 is 12.7. The quantitative estimate of drug-likeness (QED) is 0.687. The molecule has 3 N–H and O–H groups in total. The van der Waals surface area contributed by atoms with Crippen molar-refractivity contribution >= 4 is 11.9 Å². The summed E-state index contributed by atoms with van der Waals surface area (Å²) in [6, 6.07) is 3.14. The van der Waals surface area contributed by atoms with Crippen molar-refractivity contribution in [3.8, 4) is 5.75 Å². The average molecular weight is 269 g/mol. The van der Waals surface area contributed by atoms with Crippen molar-refractivity contribution in [1.29, 1.82) is 0 Å². The molecule has 1 aromatic rings. The lowest BCUT2D eigenvalue weighted by Gasteiger charge is -2.08. The Morgan fingerprint density at radius 1 is 1.42 bits per heavy atom. The van der Waals surface area contributed by atoms with Crippen LogP contribution in [0.25, 0.3) is 0 Å². The Bertz CT molecular complexity index is 476. The van der Waals surface area contributed by atoms with Gasteiger partial charge in [0.15, 0.2) is 0 Å². The van der Waals surface area contributed by atoms with Crippen LogP contribution in [0.4, 0.5) is 4.39 Å². The first kappa shape index (κ1) is 14.9.